The van der Waals surface area contributed by atoms with Crippen LogP contribution in [0.4, 0.5) is 0 Å². The van der Waals surface area contributed by atoms with E-state index in [1.54, 1.807) is 0 Å². The van der Waals surface area contributed by atoms with Crippen LogP contribution in [0.25, 0.3) is 0 Å². The molecule has 0 aromatic heterocycles. The van der Waals surface area contributed by atoms with Crippen molar-refractivity contribution < 1.29 is 50.0 Å². The van der Waals surface area contributed by atoms with Gasteiger partial charge < -0.3 is 50.0 Å². The number of hydrogen-bond donors (Lipinski definition) is 7. The van der Waals surface area contributed by atoms with Crippen molar-refractivity contribution >= 4 is 0 Å². The minimum atomic E-state index is -1.70. The van der Waals surface area contributed by atoms with Gasteiger partial charge in [-0.3, -0.25) is 0 Å². The minimum Gasteiger partial charge on any atom is -0.394 e. The highest BCUT2D eigenvalue weighted by Gasteiger charge is 2.49. The van der Waals surface area contributed by atoms with Crippen LogP contribution in [-0.2, 0) is 14.2 Å². The quantitative estimate of drug-likeness (QED) is 0.269. The Morgan fingerprint density at radius 3 is 2.05 bits per heavy atom. The van der Waals surface area contributed by atoms with Crippen LogP contribution in [0.15, 0.2) is 0 Å². The summed E-state index contributed by atoms with van der Waals surface area (Å²) in [6, 6.07) is 0. The predicted octanol–water partition coefficient (Wildman–Crippen LogP) is -4.37. The standard InChI is InChI=1S/C12H22O10/c1-3-5(14)6(15)9(18)12(20-3)22-10-4(2-13)21-11(19)8(17)7(10)16/h3-19H,2H2,1H3/t3-,4-,5-,6+,7-,8-,9-,10-,11-,12-/m1/s1. The van der Waals surface area contributed by atoms with Crippen molar-refractivity contribution in [3.8, 4) is 0 Å². The van der Waals surface area contributed by atoms with Gasteiger partial charge in [0.05, 0.1) is 12.7 Å². The van der Waals surface area contributed by atoms with E-state index in [2.05, 4.69) is 0 Å². The van der Waals surface area contributed by atoms with Crippen LogP contribution in [0.5, 0.6) is 0 Å². The van der Waals surface area contributed by atoms with Crippen molar-refractivity contribution in [1.29, 1.82) is 0 Å². The van der Waals surface area contributed by atoms with Gasteiger partial charge >= 0.3 is 0 Å². The lowest BCUT2D eigenvalue weighted by Crippen LogP contribution is -2.63. The summed E-state index contributed by atoms with van der Waals surface area (Å²) in [6.45, 7) is 0.821. The molecule has 0 amide bonds. The summed E-state index contributed by atoms with van der Waals surface area (Å²) in [5.41, 5.74) is 0. The van der Waals surface area contributed by atoms with Gasteiger partial charge in [0.2, 0.25) is 0 Å². The second-order valence-electron chi connectivity index (χ2n) is 5.51. The normalized spacial score (nSPS) is 53.5. The fourth-order valence-corrected chi connectivity index (χ4v) is 2.52. The van der Waals surface area contributed by atoms with E-state index in [9.17, 15) is 35.7 Å². The van der Waals surface area contributed by atoms with Crippen LogP contribution in [0.3, 0.4) is 0 Å². The number of ether oxygens (including phenoxy) is 3. The molecule has 2 fully saturated rings. The summed E-state index contributed by atoms with van der Waals surface area (Å²) >= 11 is 0. The molecule has 0 spiro atoms. The average Bonchev–Trinajstić information content (AvgIpc) is 2.50. The van der Waals surface area contributed by atoms with E-state index < -0.39 is 68.0 Å². The molecular weight excluding hydrogens is 304 g/mol. The average molecular weight is 326 g/mol. The third-order valence-electron chi connectivity index (χ3n) is 3.94. The molecule has 22 heavy (non-hydrogen) atoms. The SMILES string of the molecule is C[C@H]1O[C@H](O[C@H]2[C@H](O)[C@@H](O)[C@H](O)O[C@@H]2CO)[C@H](O)[C@@H](O)[C@@H]1O. The van der Waals surface area contributed by atoms with Crippen LogP contribution in [0.1, 0.15) is 6.92 Å². The Morgan fingerprint density at radius 1 is 0.818 bits per heavy atom. The van der Waals surface area contributed by atoms with E-state index in [4.69, 9.17) is 14.2 Å². The van der Waals surface area contributed by atoms with Gasteiger partial charge in [0, 0.05) is 0 Å². The highest BCUT2D eigenvalue weighted by atomic mass is 16.7. The van der Waals surface area contributed by atoms with Crippen molar-refractivity contribution in [2.24, 2.45) is 0 Å². The largest absolute Gasteiger partial charge is 0.394 e. The van der Waals surface area contributed by atoms with Gasteiger partial charge in [-0.2, -0.15) is 0 Å². The zero-order valence-corrected chi connectivity index (χ0v) is 11.8. The van der Waals surface area contributed by atoms with Crippen LogP contribution in [-0.4, -0.2) is 104 Å². The molecule has 10 atom stereocenters. The van der Waals surface area contributed by atoms with E-state index >= 15 is 0 Å². The smallest absolute Gasteiger partial charge is 0.187 e. The number of aliphatic hydroxyl groups excluding tert-OH is 7. The van der Waals surface area contributed by atoms with Gasteiger partial charge in [-0.15, -0.1) is 0 Å². The molecule has 10 heteroatoms. The molecule has 2 rings (SSSR count). The van der Waals surface area contributed by atoms with Crippen molar-refractivity contribution in [3.05, 3.63) is 0 Å². The lowest BCUT2D eigenvalue weighted by Gasteiger charge is -2.44. The van der Waals surface area contributed by atoms with Gasteiger partial charge in [0.15, 0.2) is 12.6 Å². The molecule has 2 aliphatic heterocycles. The Morgan fingerprint density at radius 2 is 1.45 bits per heavy atom. The second kappa shape index (κ2) is 7.01. The number of aliphatic hydroxyl groups is 7. The maximum absolute atomic E-state index is 9.93. The second-order valence-corrected chi connectivity index (χ2v) is 5.51. The van der Waals surface area contributed by atoms with Gasteiger partial charge in [0.25, 0.3) is 0 Å². The molecule has 0 aromatic rings. The molecule has 0 saturated carbocycles. The summed E-state index contributed by atoms with van der Waals surface area (Å²) in [5.74, 6) is 0. The highest BCUT2D eigenvalue weighted by Crippen LogP contribution is 2.28. The summed E-state index contributed by atoms with van der Waals surface area (Å²) in [4.78, 5) is 0. The molecule has 2 heterocycles. The third-order valence-corrected chi connectivity index (χ3v) is 3.94. The fourth-order valence-electron chi connectivity index (χ4n) is 2.52. The van der Waals surface area contributed by atoms with Crippen LogP contribution in [0.2, 0.25) is 0 Å². The number of hydrogen-bond acceptors (Lipinski definition) is 10. The summed E-state index contributed by atoms with van der Waals surface area (Å²) in [5, 5.41) is 67.3. The maximum Gasteiger partial charge on any atom is 0.187 e. The van der Waals surface area contributed by atoms with Gasteiger partial charge in [-0.05, 0) is 6.92 Å². The molecule has 0 unspecified atom stereocenters. The van der Waals surface area contributed by atoms with Crippen LogP contribution < -0.4 is 0 Å². The van der Waals surface area contributed by atoms with E-state index in [-0.39, 0.29) is 0 Å². The number of rotatable bonds is 3. The first-order valence-corrected chi connectivity index (χ1v) is 6.93. The van der Waals surface area contributed by atoms with Crippen LogP contribution in [0, 0.1) is 0 Å². The van der Waals surface area contributed by atoms with Gasteiger partial charge in [-0.25, -0.2) is 0 Å². The molecule has 7 N–H and O–H groups in total. The van der Waals surface area contributed by atoms with E-state index in [0.29, 0.717) is 0 Å². The minimum absolute atomic E-state index is 0.630. The molecule has 130 valence electrons. The Hall–Kier alpha value is -0.400. The zero-order chi connectivity index (χ0) is 16.6. The first-order valence-electron chi connectivity index (χ1n) is 6.93. The first-order chi connectivity index (χ1) is 10.3. The van der Waals surface area contributed by atoms with E-state index in [1.165, 1.54) is 6.92 Å². The fraction of sp³-hybridized carbons (Fsp3) is 1.00. The Bertz CT molecular complexity index is 366. The first kappa shape index (κ1) is 17.9. The van der Waals surface area contributed by atoms with Gasteiger partial charge in [0.1, 0.15) is 42.7 Å². The van der Waals surface area contributed by atoms with Crippen molar-refractivity contribution in [2.75, 3.05) is 6.61 Å². The Kier molecular flexibility index (Phi) is 5.72. The predicted molar refractivity (Wildman–Crippen MR) is 67.2 cm³/mol. The Balaban J connectivity index is 2.10. The summed E-state index contributed by atoms with van der Waals surface area (Å²) in [7, 11) is 0. The molecule has 2 saturated heterocycles. The molecule has 0 bridgehead atoms. The third kappa shape index (κ3) is 3.26. The summed E-state index contributed by atoms with van der Waals surface area (Å²) in [6.07, 6.45) is -14.2. The van der Waals surface area contributed by atoms with Crippen molar-refractivity contribution in [1.82, 2.24) is 0 Å². The highest BCUT2D eigenvalue weighted by molar-refractivity contribution is 4.93. The lowest BCUT2D eigenvalue weighted by molar-refractivity contribution is -0.352. The monoisotopic (exact) mass is 326 g/mol. The van der Waals surface area contributed by atoms with Gasteiger partial charge in [-0.1, -0.05) is 0 Å². The van der Waals surface area contributed by atoms with Crippen molar-refractivity contribution in [2.45, 2.75) is 68.3 Å². The van der Waals surface area contributed by atoms with E-state index in [1.807, 2.05) is 0 Å². The topological polar surface area (TPSA) is 169 Å². The maximum atomic E-state index is 9.93. The molecule has 0 aromatic carbocycles. The van der Waals surface area contributed by atoms with Crippen LogP contribution >= 0.6 is 0 Å². The summed E-state index contributed by atoms with van der Waals surface area (Å²) < 4.78 is 15.4. The Labute approximate surface area is 126 Å². The molecular formula is C12H22O10. The molecule has 2 aliphatic rings. The molecule has 0 radical (unpaired) electrons. The van der Waals surface area contributed by atoms with Crippen molar-refractivity contribution in [3.63, 3.8) is 0 Å². The van der Waals surface area contributed by atoms with E-state index in [0.717, 1.165) is 0 Å². The zero-order valence-electron chi connectivity index (χ0n) is 11.8. The molecule has 0 aliphatic carbocycles. The lowest BCUT2D eigenvalue weighted by atomic mass is 9.97. The molecule has 10 nitrogen and oxygen atoms in total.